The SMILES string of the molecule is CCNC(=NCc1nnc2n1CCCCC2)NC1CCN(c2ccccc2OC(F)F)C1.I. The Hall–Kier alpha value is -2.18. The number of benzene rings is 1. The number of hydrogen-bond acceptors (Lipinski definition) is 5. The Balaban J connectivity index is 0.00000306. The molecule has 1 fully saturated rings. The Bertz CT molecular complexity index is 924. The zero-order valence-corrected chi connectivity index (χ0v) is 21.2. The van der Waals surface area contributed by atoms with Gasteiger partial charge < -0.3 is 24.8 Å². The lowest BCUT2D eigenvalue weighted by atomic mass is 10.2. The van der Waals surface area contributed by atoms with Gasteiger partial charge in [0.05, 0.1) is 5.69 Å². The molecule has 1 aromatic heterocycles. The number of aliphatic imine (C=N–C) groups is 1. The van der Waals surface area contributed by atoms with Crippen molar-refractivity contribution >= 4 is 35.6 Å². The van der Waals surface area contributed by atoms with Gasteiger partial charge >= 0.3 is 6.61 Å². The van der Waals surface area contributed by atoms with Crippen LogP contribution in [0.1, 0.15) is 44.3 Å². The van der Waals surface area contributed by atoms with Crippen molar-refractivity contribution in [3.8, 4) is 5.75 Å². The molecular weight excluding hydrogens is 543 g/mol. The molecular formula is C22H32F2IN7O. The zero-order chi connectivity index (χ0) is 22.3. The van der Waals surface area contributed by atoms with Crippen molar-refractivity contribution in [2.75, 3.05) is 24.5 Å². The van der Waals surface area contributed by atoms with Gasteiger partial charge in [-0.25, -0.2) is 4.99 Å². The van der Waals surface area contributed by atoms with E-state index in [1.54, 1.807) is 12.1 Å². The lowest BCUT2D eigenvalue weighted by molar-refractivity contribution is -0.0495. The summed E-state index contributed by atoms with van der Waals surface area (Å²) in [7, 11) is 0. The third kappa shape index (κ3) is 6.67. The minimum Gasteiger partial charge on any atom is -0.433 e. The number of halogens is 3. The van der Waals surface area contributed by atoms with Gasteiger partial charge in [-0.3, -0.25) is 0 Å². The highest BCUT2D eigenvalue weighted by molar-refractivity contribution is 14.0. The van der Waals surface area contributed by atoms with E-state index in [4.69, 9.17) is 9.73 Å². The van der Waals surface area contributed by atoms with Crippen molar-refractivity contribution < 1.29 is 13.5 Å². The molecule has 2 N–H and O–H groups in total. The standard InChI is InChI=1S/C22H31F2N7O.HI/c1-2-25-22(26-14-20-29-28-19-10-4-3-7-12-31(19)20)27-16-11-13-30(15-16)17-8-5-6-9-18(17)32-21(23)24;/h5-6,8-9,16,21H,2-4,7,10-15H2,1H3,(H2,25,26,27);1H. The lowest BCUT2D eigenvalue weighted by Crippen LogP contribution is -2.44. The number of nitrogens with zero attached hydrogens (tertiary/aromatic N) is 5. The Kier molecular flexibility index (Phi) is 9.51. The number of nitrogens with one attached hydrogen (secondary N) is 2. The first-order chi connectivity index (χ1) is 15.6. The molecule has 0 radical (unpaired) electrons. The molecule has 0 saturated carbocycles. The van der Waals surface area contributed by atoms with E-state index < -0.39 is 6.61 Å². The molecule has 1 atom stereocenters. The largest absolute Gasteiger partial charge is 0.433 e. The van der Waals surface area contributed by atoms with E-state index in [0.717, 1.165) is 62.9 Å². The number of rotatable bonds is 7. The molecule has 11 heteroatoms. The summed E-state index contributed by atoms with van der Waals surface area (Å²) >= 11 is 0. The molecule has 0 bridgehead atoms. The maximum atomic E-state index is 12.8. The van der Waals surface area contributed by atoms with Gasteiger partial charge in [-0.1, -0.05) is 18.6 Å². The van der Waals surface area contributed by atoms with Gasteiger partial charge in [-0.15, -0.1) is 34.2 Å². The first kappa shape index (κ1) is 25.4. The molecule has 4 rings (SSSR count). The minimum absolute atomic E-state index is 0. The van der Waals surface area contributed by atoms with Gasteiger partial charge in [0, 0.05) is 38.6 Å². The molecule has 1 unspecified atom stereocenters. The molecule has 8 nitrogen and oxygen atoms in total. The maximum absolute atomic E-state index is 12.8. The number of alkyl halides is 2. The summed E-state index contributed by atoms with van der Waals surface area (Å²) in [5.41, 5.74) is 0.685. The lowest BCUT2D eigenvalue weighted by Gasteiger charge is -2.22. The number of ether oxygens (including phenoxy) is 1. The third-order valence-electron chi connectivity index (χ3n) is 5.86. The number of para-hydroxylation sites is 2. The Labute approximate surface area is 210 Å². The number of aromatic nitrogens is 3. The van der Waals surface area contributed by atoms with Crippen LogP contribution in [-0.4, -0.2) is 53.0 Å². The third-order valence-corrected chi connectivity index (χ3v) is 5.86. The van der Waals surface area contributed by atoms with Crippen LogP contribution in [0.4, 0.5) is 14.5 Å². The Morgan fingerprint density at radius 1 is 1.21 bits per heavy atom. The zero-order valence-electron chi connectivity index (χ0n) is 18.8. The van der Waals surface area contributed by atoms with Crippen molar-refractivity contribution in [2.24, 2.45) is 4.99 Å². The molecule has 182 valence electrons. The summed E-state index contributed by atoms with van der Waals surface area (Å²) < 4.78 is 32.4. The van der Waals surface area contributed by atoms with Gasteiger partial charge in [-0.2, -0.15) is 8.78 Å². The highest BCUT2D eigenvalue weighted by atomic mass is 127. The molecule has 0 amide bonds. The van der Waals surface area contributed by atoms with Crippen LogP contribution in [-0.2, 0) is 19.5 Å². The average molecular weight is 575 g/mol. The second-order valence-electron chi connectivity index (χ2n) is 8.11. The van der Waals surface area contributed by atoms with E-state index in [2.05, 4.69) is 30.3 Å². The highest BCUT2D eigenvalue weighted by Crippen LogP contribution is 2.31. The Morgan fingerprint density at radius 2 is 2.06 bits per heavy atom. The van der Waals surface area contributed by atoms with Crippen molar-refractivity contribution in [3.63, 3.8) is 0 Å². The first-order valence-electron chi connectivity index (χ1n) is 11.4. The van der Waals surface area contributed by atoms with Gasteiger partial charge in [-0.05, 0) is 38.3 Å². The molecule has 1 saturated heterocycles. The fraction of sp³-hybridized carbons (Fsp3) is 0.591. The average Bonchev–Trinajstić information content (AvgIpc) is 3.32. The number of guanidine groups is 1. The van der Waals surface area contributed by atoms with Gasteiger partial charge in [0.15, 0.2) is 11.8 Å². The summed E-state index contributed by atoms with van der Waals surface area (Å²) in [5.74, 6) is 2.88. The van der Waals surface area contributed by atoms with Crippen molar-refractivity contribution in [2.45, 2.75) is 64.8 Å². The van der Waals surface area contributed by atoms with E-state index >= 15 is 0 Å². The molecule has 33 heavy (non-hydrogen) atoms. The van der Waals surface area contributed by atoms with Gasteiger partial charge in [0.25, 0.3) is 0 Å². The van der Waals surface area contributed by atoms with E-state index in [0.29, 0.717) is 18.8 Å². The van der Waals surface area contributed by atoms with Crippen molar-refractivity contribution in [3.05, 3.63) is 35.9 Å². The highest BCUT2D eigenvalue weighted by Gasteiger charge is 2.26. The van der Waals surface area contributed by atoms with Crippen LogP contribution in [0, 0.1) is 0 Å². The van der Waals surface area contributed by atoms with Crippen LogP contribution >= 0.6 is 24.0 Å². The predicted octanol–water partition coefficient (Wildman–Crippen LogP) is 3.56. The van der Waals surface area contributed by atoms with Crippen LogP contribution < -0.4 is 20.3 Å². The van der Waals surface area contributed by atoms with Crippen molar-refractivity contribution in [1.29, 1.82) is 0 Å². The number of anilines is 1. The summed E-state index contributed by atoms with van der Waals surface area (Å²) in [6, 6.07) is 7.07. The molecule has 3 heterocycles. The molecule has 2 aliphatic rings. The number of hydrogen-bond donors (Lipinski definition) is 2. The molecule has 2 aliphatic heterocycles. The van der Waals surface area contributed by atoms with Crippen molar-refractivity contribution in [1.82, 2.24) is 25.4 Å². The summed E-state index contributed by atoms with van der Waals surface area (Å²) in [6.45, 7) is 2.77. The van der Waals surface area contributed by atoms with Crippen LogP contribution in [0.5, 0.6) is 5.75 Å². The maximum Gasteiger partial charge on any atom is 0.387 e. The van der Waals surface area contributed by atoms with Crippen LogP contribution in [0.2, 0.25) is 0 Å². The summed E-state index contributed by atoms with van der Waals surface area (Å²) in [6.07, 6.45) is 5.38. The van der Waals surface area contributed by atoms with Crippen LogP contribution in [0.25, 0.3) is 0 Å². The second kappa shape index (κ2) is 12.3. The monoisotopic (exact) mass is 575 g/mol. The molecule has 0 aliphatic carbocycles. The van der Waals surface area contributed by atoms with E-state index in [1.165, 1.54) is 6.42 Å². The van der Waals surface area contributed by atoms with Crippen LogP contribution in [0.15, 0.2) is 29.3 Å². The second-order valence-corrected chi connectivity index (χ2v) is 8.11. The van der Waals surface area contributed by atoms with E-state index in [-0.39, 0.29) is 35.8 Å². The fourth-order valence-electron chi connectivity index (χ4n) is 4.34. The Morgan fingerprint density at radius 3 is 2.88 bits per heavy atom. The normalized spacial score (nSPS) is 18.5. The van der Waals surface area contributed by atoms with Crippen LogP contribution in [0.3, 0.4) is 0 Å². The van der Waals surface area contributed by atoms with Gasteiger partial charge in [0.2, 0.25) is 0 Å². The van der Waals surface area contributed by atoms with Gasteiger partial charge in [0.1, 0.15) is 18.1 Å². The first-order valence-corrected chi connectivity index (χ1v) is 11.4. The smallest absolute Gasteiger partial charge is 0.387 e. The number of aryl methyl sites for hydroxylation is 1. The quantitative estimate of drug-likeness (QED) is 0.299. The summed E-state index contributed by atoms with van der Waals surface area (Å²) in [4.78, 5) is 6.81. The predicted molar refractivity (Wildman–Crippen MR) is 135 cm³/mol. The summed E-state index contributed by atoms with van der Waals surface area (Å²) in [5, 5.41) is 15.5. The number of fused-ring (bicyclic) bond motifs is 1. The topological polar surface area (TPSA) is 79.6 Å². The minimum atomic E-state index is -2.84. The molecule has 1 aromatic carbocycles. The molecule has 0 spiro atoms. The molecule has 2 aromatic rings. The fourth-order valence-corrected chi connectivity index (χ4v) is 4.34. The van der Waals surface area contributed by atoms with E-state index in [9.17, 15) is 8.78 Å². The van der Waals surface area contributed by atoms with E-state index in [1.807, 2.05) is 19.1 Å².